The molecule has 0 aliphatic heterocycles. The molecule has 178 valence electrons. The fourth-order valence-electron chi connectivity index (χ4n) is 2.93. The summed E-state index contributed by atoms with van der Waals surface area (Å²) < 4.78 is 21.6. The summed E-state index contributed by atoms with van der Waals surface area (Å²) in [4.78, 5) is 36.3. The number of methoxy groups -OCH3 is 1. The van der Waals surface area contributed by atoms with Crippen LogP contribution in [-0.4, -0.2) is 61.9 Å². The number of hydrogen-bond acceptors (Lipinski definition) is 9. The van der Waals surface area contributed by atoms with E-state index in [9.17, 15) is 14.4 Å². The van der Waals surface area contributed by atoms with E-state index in [-0.39, 0.29) is 32.0 Å². The van der Waals surface area contributed by atoms with Crippen LogP contribution < -0.4 is 10.1 Å². The third kappa shape index (κ3) is 8.76. The molecule has 2 amide bonds. The minimum atomic E-state index is -0.968. The van der Waals surface area contributed by atoms with Gasteiger partial charge in [-0.3, -0.25) is 14.9 Å². The van der Waals surface area contributed by atoms with Crippen molar-refractivity contribution in [3.05, 3.63) is 65.7 Å². The minimum absolute atomic E-state index is 0.0169. The summed E-state index contributed by atoms with van der Waals surface area (Å²) in [5, 5.41) is 11.2. The van der Waals surface area contributed by atoms with Crippen LogP contribution in [0.2, 0.25) is 0 Å². The molecule has 0 spiro atoms. The van der Waals surface area contributed by atoms with E-state index < -0.39 is 30.2 Å². The molecule has 0 aromatic heterocycles. The molecule has 2 aromatic carbocycles. The molecule has 0 aliphatic carbocycles. The molecule has 0 unspecified atom stereocenters. The maximum atomic E-state index is 12.5. The second-order valence-corrected chi connectivity index (χ2v) is 7.05. The summed E-state index contributed by atoms with van der Waals surface area (Å²) in [6, 6.07) is 15.0. The zero-order chi connectivity index (χ0) is 24.1. The number of carbonyl (C=O) groups is 3. The van der Waals surface area contributed by atoms with Gasteiger partial charge in [0.2, 0.25) is 0 Å². The minimum Gasteiger partial charge on any atom is -0.491 e. The third-order valence-electron chi connectivity index (χ3n) is 4.47. The number of alkyl carbamates (subject to hydrolysis) is 1. The number of nitrogens with one attached hydrogen (secondary N) is 1. The van der Waals surface area contributed by atoms with Crippen molar-refractivity contribution in [3.8, 4) is 5.75 Å². The Balaban J connectivity index is 2.19. The number of carbonyl (C=O) groups excluding carboxylic acids is 3. The number of benzene rings is 2. The van der Waals surface area contributed by atoms with Gasteiger partial charge in [0, 0.05) is 19.1 Å². The van der Waals surface area contributed by atoms with Crippen LogP contribution in [0.5, 0.6) is 5.75 Å². The highest BCUT2D eigenvalue weighted by Gasteiger charge is 2.29. The van der Waals surface area contributed by atoms with Gasteiger partial charge < -0.3 is 24.1 Å². The number of thiol groups is 1. The Morgan fingerprint density at radius 1 is 1.06 bits per heavy atom. The molecule has 0 aliphatic rings. The fourth-order valence-corrected chi connectivity index (χ4v) is 3.02. The summed E-state index contributed by atoms with van der Waals surface area (Å²) in [7, 11) is 1.43. The summed E-state index contributed by atoms with van der Waals surface area (Å²) in [6.07, 6.45) is -2.42. The highest BCUT2D eigenvalue weighted by atomic mass is 32.1. The summed E-state index contributed by atoms with van der Waals surface area (Å²) in [6.45, 7) is -0.0528. The van der Waals surface area contributed by atoms with E-state index in [1.165, 1.54) is 7.11 Å². The summed E-state index contributed by atoms with van der Waals surface area (Å²) >= 11 is 3.86. The van der Waals surface area contributed by atoms with E-state index in [4.69, 9.17) is 24.1 Å². The highest BCUT2D eigenvalue weighted by Crippen LogP contribution is 2.28. The van der Waals surface area contributed by atoms with Crippen molar-refractivity contribution >= 4 is 30.6 Å². The van der Waals surface area contributed by atoms with Crippen LogP contribution in [0.3, 0.4) is 0 Å². The monoisotopic (exact) mass is 477 g/mol. The van der Waals surface area contributed by atoms with Gasteiger partial charge in [0.05, 0.1) is 19.0 Å². The van der Waals surface area contributed by atoms with Crippen molar-refractivity contribution in [1.82, 2.24) is 5.32 Å². The molecular formula is C23H27NO8S. The summed E-state index contributed by atoms with van der Waals surface area (Å²) in [5.74, 6) is -0.717. The van der Waals surface area contributed by atoms with Crippen LogP contribution in [0.4, 0.5) is 4.79 Å². The van der Waals surface area contributed by atoms with E-state index >= 15 is 0 Å². The van der Waals surface area contributed by atoms with E-state index in [0.29, 0.717) is 16.9 Å². The average Bonchev–Trinajstić information content (AvgIpc) is 2.84. The first kappa shape index (κ1) is 26.2. The van der Waals surface area contributed by atoms with Gasteiger partial charge in [-0.15, -0.1) is 0 Å². The Morgan fingerprint density at radius 2 is 1.82 bits per heavy atom. The Kier molecular flexibility index (Phi) is 11.2. The quantitative estimate of drug-likeness (QED) is 0.315. The molecule has 2 rings (SSSR count). The van der Waals surface area contributed by atoms with Gasteiger partial charge in [0.25, 0.3) is 5.91 Å². The lowest BCUT2D eigenvalue weighted by Crippen LogP contribution is -2.35. The van der Waals surface area contributed by atoms with Crippen molar-refractivity contribution in [1.29, 1.82) is 0 Å². The molecule has 33 heavy (non-hydrogen) atoms. The first-order valence-electron chi connectivity index (χ1n) is 10.2. The highest BCUT2D eigenvalue weighted by molar-refractivity contribution is 7.81. The molecule has 0 saturated carbocycles. The van der Waals surface area contributed by atoms with Gasteiger partial charge in [-0.25, -0.2) is 4.79 Å². The lowest BCUT2D eigenvalue weighted by molar-refractivity contribution is -0.141. The maximum absolute atomic E-state index is 12.5. The Bertz CT molecular complexity index is 908. The average molecular weight is 478 g/mol. The Labute approximate surface area is 197 Å². The molecule has 0 fully saturated rings. The Hall–Kier alpha value is -3.08. The van der Waals surface area contributed by atoms with Crippen molar-refractivity contribution in [3.63, 3.8) is 0 Å². The largest absolute Gasteiger partial charge is 0.491 e. The SMILES string of the molecule is CO[C@H](CCOC(=O)CS)[C@H](OC(=O)NC(=O)c1ccccc1)c1cccc(OCCO)c1. The predicted octanol–water partition coefficient (Wildman–Crippen LogP) is 2.54. The molecule has 0 radical (unpaired) electrons. The number of hydrogen-bond donors (Lipinski definition) is 3. The second kappa shape index (κ2) is 14.1. The lowest BCUT2D eigenvalue weighted by atomic mass is 10.0. The smallest absolute Gasteiger partial charge is 0.414 e. The van der Waals surface area contributed by atoms with Gasteiger partial charge in [0.15, 0.2) is 6.10 Å². The van der Waals surface area contributed by atoms with Gasteiger partial charge in [0.1, 0.15) is 18.5 Å². The van der Waals surface area contributed by atoms with Crippen LogP contribution in [0.25, 0.3) is 0 Å². The van der Waals surface area contributed by atoms with Gasteiger partial charge in [-0.1, -0.05) is 30.3 Å². The van der Waals surface area contributed by atoms with Crippen LogP contribution in [0.15, 0.2) is 54.6 Å². The number of aliphatic hydroxyl groups excluding tert-OH is 1. The fraction of sp³-hybridized carbons (Fsp3) is 0.348. The first-order chi connectivity index (χ1) is 16.0. The molecule has 9 nitrogen and oxygen atoms in total. The van der Waals surface area contributed by atoms with Crippen LogP contribution in [0, 0.1) is 0 Å². The molecular weight excluding hydrogens is 450 g/mol. The van der Waals surface area contributed by atoms with Crippen LogP contribution in [0.1, 0.15) is 28.4 Å². The van der Waals surface area contributed by atoms with Crippen LogP contribution in [-0.2, 0) is 19.0 Å². The maximum Gasteiger partial charge on any atom is 0.414 e. The van der Waals surface area contributed by atoms with Crippen molar-refractivity contribution in [2.24, 2.45) is 0 Å². The van der Waals surface area contributed by atoms with E-state index in [2.05, 4.69) is 17.9 Å². The number of aliphatic hydroxyl groups is 1. The van der Waals surface area contributed by atoms with E-state index in [1.807, 2.05) is 0 Å². The van der Waals surface area contributed by atoms with Gasteiger partial charge in [-0.05, 0) is 29.8 Å². The second-order valence-electron chi connectivity index (χ2n) is 6.73. The molecule has 10 heteroatoms. The number of amides is 2. The number of ether oxygens (including phenoxy) is 4. The van der Waals surface area contributed by atoms with Crippen molar-refractivity contribution in [2.75, 3.05) is 32.7 Å². The van der Waals surface area contributed by atoms with Crippen LogP contribution >= 0.6 is 12.6 Å². The molecule has 2 aromatic rings. The third-order valence-corrected chi connectivity index (χ3v) is 4.73. The topological polar surface area (TPSA) is 120 Å². The van der Waals surface area contributed by atoms with E-state index in [1.54, 1.807) is 54.6 Å². The normalized spacial score (nSPS) is 12.3. The van der Waals surface area contributed by atoms with Crippen molar-refractivity contribution in [2.45, 2.75) is 18.6 Å². The first-order valence-corrected chi connectivity index (χ1v) is 10.8. The van der Waals surface area contributed by atoms with Gasteiger partial charge in [-0.2, -0.15) is 12.6 Å². The zero-order valence-corrected chi connectivity index (χ0v) is 19.0. The Morgan fingerprint density at radius 3 is 2.48 bits per heavy atom. The van der Waals surface area contributed by atoms with E-state index in [0.717, 1.165) is 0 Å². The zero-order valence-electron chi connectivity index (χ0n) is 18.1. The molecule has 2 atom stereocenters. The number of esters is 1. The summed E-state index contributed by atoms with van der Waals surface area (Å²) in [5.41, 5.74) is 0.826. The number of rotatable bonds is 12. The standard InChI is InChI=1S/C23H27NO8S/c1-29-19(10-12-31-20(26)15-33)21(17-8-5-9-18(14-17)30-13-11-25)32-23(28)24-22(27)16-6-3-2-4-7-16/h2-9,14,19,21,25,33H,10-13,15H2,1H3,(H,24,27,28)/t19-,21-/m1/s1. The molecule has 0 heterocycles. The lowest BCUT2D eigenvalue weighted by Gasteiger charge is -2.26. The molecule has 2 N–H and O–H groups in total. The number of imide groups is 1. The predicted molar refractivity (Wildman–Crippen MR) is 122 cm³/mol. The molecule has 0 bridgehead atoms. The van der Waals surface area contributed by atoms with Gasteiger partial charge >= 0.3 is 12.1 Å². The molecule has 0 saturated heterocycles. The van der Waals surface area contributed by atoms with Crippen molar-refractivity contribution < 1.29 is 38.4 Å².